The largest absolute Gasteiger partial charge is 0.406 e. The minimum atomic E-state index is -4.49. The average molecular weight is 427 g/mol. The van der Waals surface area contributed by atoms with Crippen LogP contribution >= 0.6 is 0 Å². The lowest BCUT2D eigenvalue weighted by molar-refractivity contribution is -0.142. The average Bonchev–Trinajstić information content (AvgIpc) is 2.87. The number of carbonyl (C=O) groups is 1. The number of nitrogens with zero attached hydrogens (tertiary/aromatic N) is 4. The first-order valence-electron chi connectivity index (χ1n) is 10.2. The Morgan fingerprint density at radius 2 is 1.67 bits per heavy atom. The number of fused-ring (bicyclic) bond motifs is 1. The summed E-state index contributed by atoms with van der Waals surface area (Å²) in [4.78, 5) is 19.1. The minimum absolute atomic E-state index is 0.00302. The Bertz CT molecular complexity index is 915. The van der Waals surface area contributed by atoms with Crippen molar-refractivity contribution in [1.82, 2.24) is 19.7 Å². The molecule has 0 atom stereocenters. The second-order valence-corrected chi connectivity index (χ2v) is 10.5. The maximum atomic E-state index is 13.5. The van der Waals surface area contributed by atoms with E-state index in [1.54, 1.807) is 17.7 Å². The smallest absolute Gasteiger partial charge is 0.329 e. The third-order valence-corrected chi connectivity index (χ3v) is 4.61. The molecule has 0 spiro atoms. The van der Waals surface area contributed by atoms with Crippen LogP contribution in [0, 0.1) is 12.3 Å². The molecular weight excluding hydrogens is 393 g/mol. The molecule has 30 heavy (non-hydrogen) atoms. The van der Waals surface area contributed by atoms with Crippen LogP contribution in [-0.2, 0) is 5.54 Å². The molecule has 0 saturated carbocycles. The topological polar surface area (TPSA) is 51.0 Å². The quantitative estimate of drug-likeness (QED) is 0.633. The SMILES string of the molecule is Cc1nn(C(C)(C)C)c2nc(C(C)C)cc(C(=O)N(CC(C)(C)C)CC(F)(F)F)c12. The van der Waals surface area contributed by atoms with Gasteiger partial charge in [0, 0.05) is 12.2 Å². The van der Waals surface area contributed by atoms with Gasteiger partial charge < -0.3 is 4.90 Å². The summed E-state index contributed by atoms with van der Waals surface area (Å²) in [5.41, 5.74) is 1.10. The van der Waals surface area contributed by atoms with Gasteiger partial charge in [-0.25, -0.2) is 9.67 Å². The second kappa shape index (κ2) is 7.85. The van der Waals surface area contributed by atoms with Crippen molar-refractivity contribution in [3.63, 3.8) is 0 Å². The van der Waals surface area contributed by atoms with Crippen LogP contribution in [0.15, 0.2) is 6.07 Å². The molecular formula is C22H33F3N4O. The molecule has 2 aromatic heterocycles. The molecule has 0 unspecified atom stereocenters. The summed E-state index contributed by atoms with van der Waals surface area (Å²) in [7, 11) is 0. The highest BCUT2D eigenvalue weighted by Crippen LogP contribution is 2.31. The normalized spacial score (nSPS) is 13.4. The van der Waals surface area contributed by atoms with Crippen LogP contribution in [0.3, 0.4) is 0 Å². The predicted molar refractivity (Wildman–Crippen MR) is 113 cm³/mol. The van der Waals surface area contributed by atoms with Gasteiger partial charge in [-0.05, 0) is 45.1 Å². The highest BCUT2D eigenvalue weighted by Gasteiger charge is 2.36. The first-order chi connectivity index (χ1) is 13.4. The summed E-state index contributed by atoms with van der Waals surface area (Å²) < 4.78 is 41.6. The molecule has 2 aromatic rings. The lowest BCUT2D eigenvalue weighted by Crippen LogP contribution is -2.43. The summed E-state index contributed by atoms with van der Waals surface area (Å²) >= 11 is 0. The van der Waals surface area contributed by atoms with E-state index in [-0.39, 0.29) is 18.0 Å². The van der Waals surface area contributed by atoms with Crippen molar-refractivity contribution in [3.05, 3.63) is 23.0 Å². The number of rotatable bonds is 4. The number of amides is 1. The van der Waals surface area contributed by atoms with Gasteiger partial charge in [0.1, 0.15) is 6.54 Å². The van der Waals surface area contributed by atoms with E-state index >= 15 is 0 Å². The summed E-state index contributed by atoms with van der Waals surface area (Å²) in [5.74, 6) is -0.642. The zero-order valence-corrected chi connectivity index (χ0v) is 19.4. The van der Waals surface area contributed by atoms with E-state index < -0.39 is 29.6 Å². The first-order valence-corrected chi connectivity index (χ1v) is 10.2. The minimum Gasteiger partial charge on any atom is -0.329 e. The van der Waals surface area contributed by atoms with Gasteiger partial charge in [-0.15, -0.1) is 0 Å². The van der Waals surface area contributed by atoms with Crippen molar-refractivity contribution in [2.24, 2.45) is 5.41 Å². The van der Waals surface area contributed by atoms with Crippen LogP contribution < -0.4 is 0 Å². The Morgan fingerprint density at radius 3 is 2.10 bits per heavy atom. The van der Waals surface area contributed by atoms with Crippen LogP contribution in [0.2, 0.25) is 0 Å². The standard InChI is InChI=1S/C22H33F3N4O/c1-13(2)16-10-15(17-14(3)27-29(18(17)26-16)21(7,8)9)19(30)28(11-20(4,5)6)12-22(23,24)25/h10,13H,11-12H2,1-9H3. The maximum absolute atomic E-state index is 13.5. The summed E-state index contributed by atoms with van der Waals surface area (Å²) in [6.07, 6.45) is -4.49. The second-order valence-electron chi connectivity index (χ2n) is 10.5. The molecule has 2 rings (SSSR count). The molecule has 0 fully saturated rings. The van der Waals surface area contributed by atoms with Crippen molar-refractivity contribution < 1.29 is 18.0 Å². The van der Waals surface area contributed by atoms with E-state index in [4.69, 9.17) is 4.98 Å². The maximum Gasteiger partial charge on any atom is 0.406 e. The highest BCUT2D eigenvalue weighted by molar-refractivity contribution is 6.06. The first kappa shape index (κ1) is 24.2. The Balaban J connectivity index is 2.76. The van der Waals surface area contributed by atoms with Crippen molar-refractivity contribution in [2.45, 2.75) is 79.9 Å². The van der Waals surface area contributed by atoms with Gasteiger partial charge in [0.25, 0.3) is 5.91 Å². The Hall–Kier alpha value is -2.12. The fourth-order valence-electron chi connectivity index (χ4n) is 3.40. The molecule has 8 heteroatoms. The number of hydrogen-bond donors (Lipinski definition) is 0. The van der Waals surface area contributed by atoms with Crippen LogP contribution in [0.25, 0.3) is 11.0 Å². The van der Waals surface area contributed by atoms with Crippen molar-refractivity contribution in [2.75, 3.05) is 13.1 Å². The molecule has 5 nitrogen and oxygen atoms in total. The number of halogens is 3. The molecule has 0 saturated heterocycles. The predicted octanol–water partition coefficient (Wildman–Crippen LogP) is 5.67. The zero-order valence-electron chi connectivity index (χ0n) is 19.4. The molecule has 0 radical (unpaired) electrons. The molecule has 0 N–H and O–H groups in total. The van der Waals surface area contributed by atoms with E-state index in [1.165, 1.54) is 0 Å². The summed E-state index contributed by atoms with van der Waals surface area (Å²) in [6.45, 7) is 15.7. The van der Waals surface area contributed by atoms with Gasteiger partial charge in [0.15, 0.2) is 5.65 Å². The fourth-order valence-corrected chi connectivity index (χ4v) is 3.40. The van der Waals surface area contributed by atoms with E-state index in [9.17, 15) is 18.0 Å². The highest BCUT2D eigenvalue weighted by atomic mass is 19.4. The van der Waals surface area contributed by atoms with E-state index in [0.717, 1.165) is 4.90 Å². The van der Waals surface area contributed by atoms with E-state index in [1.807, 2.05) is 55.4 Å². The number of alkyl halides is 3. The Labute approximate surface area is 176 Å². The van der Waals surface area contributed by atoms with Crippen molar-refractivity contribution >= 4 is 16.9 Å². The molecule has 168 valence electrons. The number of hydrogen-bond acceptors (Lipinski definition) is 3. The number of aromatic nitrogens is 3. The van der Waals surface area contributed by atoms with Crippen molar-refractivity contribution in [1.29, 1.82) is 0 Å². The summed E-state index contributed by atoms with van der Waals surface area (Å²) in [5, 5.41) is 5.09. The van der Waals surface area contributed by atoms with E-state index in [2.05, 4.69) is 5.10 Å². The molecule has 0 aliphatic rings. The van der Waals surface area contributed by atoms with Gasteiger partial charge in [-0.1, -0.05) is 34.6 Å². The van der Waals surface area contributed by atoms with Crippen LogP contribution in [0.1, 0.15) is 83.1 Å². The molecule has 1 amide bonds. The molecule has 0 aliphatic carbocycles. The van der Waals surface area contributed by atoms with Gasteiger partial charge in [0.2, 0.25) is 0 Å². The van der Waals surface area contributed by atoms with Gasteiger partial charge in [-0.2, -0.15) is 18.3 Å². The molecule has 0 bridgehead atoms. The third-order valence-electron chi connectivity index (χ3n) is 4.61. The van der Waals surface area contributed by atoms with Crippen molar-refractivity contribution in [3.8, 4) is 0 Å². The van der Waals surface area contributed by atoms with Gasteiger partial charge in [-0.3, -0.25) is 4.79 Å². The van der Waals surface area contributed by atoms with Gasteiger partial charge >= 0.3 is 6.18 Å². The Morgan fingerprint density at radius 1 is 1.10 bits per heavy atom. The van der Waals surface area contributed by atoms with Crippen LogP contribution in [0.4, 0.5) is 13.2 Å². The van der Waals surface area contributed by atoms with Crippen LogP contribution in [0.5, 0.6) is 0 Å². The zero-order chi connectivity index (χ0) is 23.2. The summed E-state index contributed by atoms with van der Waals surface area (Å²) in [6, 6.07) is 1.63. The number of pyridine rings is 1. The lowest BCUT2D eigenvalue weighted by Gasteiger charge is -2.31. The molecule has 2 heterocycles. The number of carbonyl (C=O) groups excluding carboxylic acids is 1. The molecule has 0 aromatic carbocycles. The van der Waals surface area contributed by atoms with E-state index in [0.29, 0.717) is 22.4 Å². The Kier molecular flexibility index (Phi) is 6.32. The van der Waals surface area contributed by atoms with Crippen LogP contribution in [-0.4, -0.2) is 44.8 Å². The number of aryl methyl sites for hydroxylation is 1. The molecule has 0 aliphatic heterocycles. The lowest BCUT2D eigenvalue weighted by atomic mass is 9.95. The third kappa shape index (κ3) is 5.52. The fraction of sp³-hybridized carbons (Fsp3) is 0.682. The van der Waals surface area contributed by atoms with Gasteiger partial charge in [0.05, 0.1) is 22.2 Å². The monoisotopic (exact) mass is 426 g/mol.